The van der Waals surface area contributed by atoms with Crippen LogP contribution in [-0.4, -0.2) is 30.7 Å². The number of ketones is 1. The summed E-state index contributed by atoms with van der Waals surface area (Å²) >= 11 is 0. The predicted octanol–water partition coefficient (Wildman–Crippen LogP) is 1.46. The van der Waals surface area contributed by atoms with E-state index in [0.717, 1.165) is 7.11 Å². The Morgan fingerprint density at radius 2 is 1.43 bits per heavy atom. The van der Waals surface area contributed by atoms with Gasteiger partial charge in [-0.2, -0.15) is 0 Å². The lowest BCUT2D eigenvalue weighted by molar-refractivity contribution is -0.152. The van der Waals surface area contributed by atoms with Crippen LogP contribution in [0.5, 0.6) is 0 Å². The van der Waals surface area contributed by atoms with Crippen molar-refractivity contribution in [2.75, 3.05) is 7.11 Å². The van der Waals surface area contributed by atoms with Crippen molar-refractivity contribution in [3.8, 4) is 0 Å². The molecule has 0 heterocycles. The molecule has 23 heavy (non-hydrogen) atoms. The van der Waals surface area contributed by atoms with Crippen molar-refractivity contribution in [1.29, 1.82) is 0 Å². The number of rotatable bonds is 6. The summed E-state index contributed by atoms with van der Waals surface area (Å²) in [4.78, 5) is 36.2. The number of carbonyl (C=O) groups is 3. The number of methoxy groups -OCH3 is 1. The minimum Gasteiger partial charge on any atom is -0.467 e. The molecule has 0 aliphatic carbocycles. The highest BCUT2D eigenvalue weighted by Gasteiger charge is 2.47. The highest BCUT2D eigenvalue weighted by molar-refractivity contribution is 6.23. The summed E-state index contributed by atoms with van der Waals surface area (Å²) in [7, 11) is 1.08. The molecule has 0 aromatic heterocycles. The van der Waals surface area contributed by atoms with Gasteiger partial charge in [0.1, 0.15) is 0 Å². The molecular weight excluding hydrogens is 294 g/mol. The molecule has 0 aliphatic rings. The summed E-state index contributed by atoms with van der Waals surface area (Å²) in [5.74, 6) is -2.64. The van der Waals surface area contributed by atoms with Crippen molar-refractivity contribution >= 4 is 18.0 Å². The molecule has 1 unspecified atom stereocenters. The van der Waals surface area contributed by atoms with E-state index in [2.05, 4.69) is 4.74 Å². The third-order valence-corrected chi connectivity index (χ3v) is 3.64. The summed E-state index contributed by atoms with van der Waals surface area (Å²) in [6, 6.07) is 17.7. The first-order chi connectivity index (χ1) is 11.0. The van der Waals surface area contributed by atoms with E-state index in [1.807, 2.05) is 12.1 Å². The first-order valence-corrected chi connectivity index (χ1v) is 7.02. The van der Waals surface area contributed by atoms with E-state index in [1.165, 1.54) is 0 Å². The second-order valence-corrected chi connectivity index (χ2v) is 5.10. The van der Waals surface area contributed by atoms with Crippen LogP contribution in [0.3, 0.4) is 0 Å². The van der Waals surface area contributed by atoms with Crippen LogP contribution in [0.25, 0.3) is 0 Å². The topological polar surface area (TPSA) is 86.5 Å². The highest BCUT2D eigenvalue weighted by Crippen LogP contribution is 2.29. The molecule has 2 aromatic carbocycles. The number of esters is 1. The van der Waals surface area contributed by atoms with Crippen LogP contribution in [0.4, 0.5) is 0 Å². The third-order valence-electron chi connectivity index (χ3n) is 3.64. The van der Waals surface area contributed by atoms with Gasteiger partial charge >= 0.3 is 5.97 Å². The molecule has 0 saturated carbocycles. The first-order valence-electron chi connectivity index (χ1n) is 7.02. The number of ether oxygens (including phenoxy) is 1. The quantitative estimate of drug-likeness (QED) is 0.496. The molecule has 0 saturated heterocycles. The number of hydrogen-bond donors (Lipinski definition) is 1. The second kappa shape index (κ2) is 6.98. The molecule has 0 fully saturated rings. The van der Waals surface area contributed by atoms with Gasteiger partial charge < -0.3 is 15.3 Å². The van der Waals surface area contributed by atoms with Crippen molar-refractivity contribution in [2.45, 2.75) is 11.5 Å². The molecular formula is C18H17NO4. The minimum atomic E-state index is -2.34. The zero-order chi connectivity index (χ0) is 16.9. The molecule has 118 valence electrons. The van der Waals surface area contributed by atoms with E-state index in [1.54, 1.807) is 48.5 Å². The van der Waals surface area contributed by atoms with E-state index < -0.39 is 23.2 Å². The van der Waals surface area contributed by atoms with Crippen LogP contribution >= 0.6 is 0 Å². The zero-order valence-electron chi connectivity index (χ0n) is 12.6. The second-order valence-electron chi connectivity index (χ2n) is 5.10. The van der Waals surface area contributed by atoms with E-state index in [0.29, 0.717) is 11.1 Å². The van der Waals surface area contributed by atoms with E-state index in [4.69, 9.17) is 5.73 Å². The summed E-state index contributed by atoms with van der Waals surface area (Å²) in [6.45, 7) is 0. The average molecular weight is 311 g/mol. The minimum absolute atomic E-state index is 0.139. The molecule has 2 N–H and O–H groups in total. The first kappa shape index (κ1) is 16.6. The average Bonchev–Trinajstić information content (AvgIpc) is 2.62. The molecule has 0 aliphatic heterocycles. The Kier molecular flexibility index (Phi) is 5.03. The molecule has 0 radical (unpaired) electrons. The molecule has 0 spiro atoms. The SMILES string of the molecule is COC(=O)C(N)(C=O)C(=O)C(c1ccccc1)c1ccccc1. The monoisotopic (exact) mass is 311 g/mol. The fourth-order valence-corrected chi connectivity index (χ4v) is 2.40. The summed E-state index contributed by atoms with van der Waals surface area (Å²) < 4.78 is 4.53. The van der Waals surface area contributed by atoms with Crippen molar-refractivity contribution in [2.24, 2.45) is 5.73 Å². The van der Waals surface area contributed by atoms with Crippen molar-refractivity contribution < 1.29 is 19.1 Å². The van der Waals surface area contributed by atoms with Crippen LogP contribution in [0, 0.1) is 0 Å². The zero-order valence-corrected chi connectivity index (χ0v) is 12.6. The van der Waals surface area contributed by atoms with Crippen molar-refractivity contribution in [3.63, 3.8) is 0 Å². The molecule has 2 rings (SSSR count). The Balaban J connectivity index is 2.56. The fourth-order valence-electron chi connectivity index (χ4n) is 2.40. The third kappa shape index (κ3) is 3.19. The van der Waals surface area contributed by atoms with E-state index in [-0.39, 0.29) is 6.29 Å². The van der Waals surface area contributed by atoms with Gasteiger partial charge in [-0.15, -0.1) is 0 Å². The fraction of sp³-hybridized carbons (Fsp3) is 0.167. The molecule has 1 atom stereocenters. The lowest BCUT2D eigenvalue weighted by Crippen LogP contribution is -2.58. The maximum atomic E-state index is 12.9. The maximum Gasteiger partial charge on any atom is 0.341 e. The number of Topliss-reactive ketones (excluding diaryl/α,β-unsaturated/α-hetero) is 1. The van der Waals surface area contributed by atoms with Gasteiger partial charge in [0, 0.05) is 0 Å². The Morgan fingerprint density at radius 3 is 1.78 bits per heavy atom. The predicted molar refractivity (Wildman–Crippen MR) is 84.7 cm³/mol. The molecule has 2 aromatic rings. The summed E-state index contributed by atoms with van der Waals surface area (Å²) in [5.41, 5.74) is 4.72. The Hall–Kier alpha value is -2.79. The Bertz CT molecular complexity index is 660. The standard InChI is InChI=1S/C18H17NO4/c1-23-17(22)18(19,12-20)16(21)15(13-8-4-2-5-9-13)14-10-6-3-7-11-14/h2-12,15H,19H2,1H3. The summed E-state index contributed by atoms with van der Waals surface area (Å²) in [5, 5.41) is 0. The summed E-state index contributed by atoms with van der Waals surface area (Å²) in [6.07, 6.45) is 0.139. The van der Waals surface area contributed by atoms with Crippen molar-refractivity contribution in [1.82, 2.24) is 0 Å². The number of benzene rings is 2. The number of hydrogen-bond acceptors (Lipinski definition) is 5. The molecule has 0 bridgehead atoms. The van der Waals surface area contributed by atoms with E-state index in [9.17, 15) is 14.4 Å². The normalized spacial score (nSPS) is 13.2. The molecule has 5 heteroatoms. The smallest absolute Gasteiger partial charge is 0.341 e. The van der Waals surface area contributed by atoms with Crippen LogP contribution in [-0.2, 0) is 19.1 Å². The van der Waals surface area contributed by atoms with Gasteiger partial charge in [-0.05, 0) is 11.1 Å². The number of carbonyl (C=O) groups excluding carboxylic acids is 3. The van der Waals surface area contributed by atoms with Crippen LogP contribution in [0.1, 0.15) is 17.0 Å². The Morgan fingerprint density at radius 1 is 1.00 bits per heavy atom. The number of nitrogens with two attached hydrogens (primary N) is 1. The highest BCUT2D eigenvalue weighted by atomic mass is 16.5. The molecule has 5 nitrogen and oxygen atoms in total. The number of aldehydes is 1. The van der Waals surface area contributed by atoms with Gasteiger partial charge in [-0.3, -0.25) is 4.79 Å². The van der Waals surface area contributed by atoms with Gasteiger partial charge in [0.2, 0.25) is 5.54 Å². The lowest BCUT2D eigenvalue weighted by Gasteiger charge is -2.25. The largest absolute Gasteiger partial charge is 0.467 e. The lowest BCUT2D eigenvalue weighted by atomic mass is 9.79. The Labute approximate surface area is 134 Å². The van der Waals surface area contributed by atoms with Gasteiger partial charge in [-0.1, -0.05) is 60.7 Å². The van der Waals surface area contributed by atoms with Gasteiger partial charge in [0.25, 0.3) is 0 Å². The van der Waals surface area contributed by atoms with Gasteiger partial charge in [0.15, 0.2) is 12.1 Å². The van der Waals surface area contributed by atoms with Crippen LogP contribution < -0.4 is 5.73 Å². The van der Waals surface area contributed by atoms with Crippen molar-refractivity contribution in [3.05, 3.63) is 71.8 Å². The van der Waals surface area contributed by atoms with Crippen LogP contribution in [0.2, 0.25) is 0 Å². The van der Waals surface area contributed by atoms with Crippen LogP contribution in [0.15, 0.2) is 60.7 Å². The van der Waals surface area contributed by atoms with Gasteiger partial charge in [-0.25, -0.2) is 4.79 Å². The maximum absolute atomic E-state index is 12.9. The van der Waals surface area contributed by atoms with Gasteiger partial charge in [0.05, 0.1) is 13.0 Å². The van der Waals surface area contributed by atoms with E-state index >= 15 is 0 Å². The molecule has 0 amide bonds.